The van der Waals surface area contributed by atoms with E-state index in [0.29, 0.717) is 5.69 Å². The van der Waals surface area contributed by atoms with Crippen molar-refractivity contribution in [2.24, 2.45) is 0 Å². The first-order chi connectivity index (χ1) is 10.6. The zero-order valence-electron chi connectivity index (χ0n) is 11.5. The molecule has 2 aromatic rings. The van der Waals surface area contributed by atoms with Gasteiger partial charge in [-0.05, 0) is 11.6 Å². The topological polar surface area (TPSA) is 72.2 Å². The van der Waals surface area contributed by atoms with Crippen LogP contribution in [0.3, 0.4) is 0 Å². The molecule has 0 aliphatic heterocycles. The summed E-state index contributed by atoms with van der Waals surface area (Å²) in [5.74, 6) is 0.821. The Morgan fingerprint density at radius 2 is 1.95 bits per heavy atom. The third kappa shape index (κ3) is 4.75. The molecule has 0 fully saturated rings. The van der Waals surface area contributed by atoms with E-state index in [2.05, 4.69) is 5.32 Å². The standard InChI is InChI=1S/C15H13ClN2O3S/c16-13-8-12(18(20)21)6-7-14(13)17-15(19)10-22-9-11-4-2-1-3-5-11/h1-8H,9-10H2,(H,17,19). The van der Waals surface area contributed by atoms with Crippen molar-refractivity contribution in [3.05, 3.63) is 69.2 Å². The van der Waals surface area contributed by atoms with Crippen molar-refractivity contribution in [1.29, 1.82) is 0 Å². The quantitative estimate of drug-likeness (QED) is 0.636. The Hall–Kier alpha value is -2.05. The second kappa shape index (κ2) is 7.82. The normalized spacial score (nSPS) is 10.2. The predicted molar refractivity (Wildman–Crippen MR) is 89.3 cm³/mol. The molecule has 0 saturated heterocycles. The molecule has 7 heteroatoms. The number of nitro groups is 1. The maximum atomic E-state index is 11.8. The maximum absolute atomic E-state index is 11.8. The van der Waals surface area contributed by atoms with E-state index in [-0.39, 0.29) is 22.4 Å². The second-order valence-corrected chi connectivity index (χ2v) is 5.84. The number of non-ortho nitro benzene ring substituents is 1. The molecule has 0 spiro atoms. The van der Waals surface area contributed by atoms with Gasteiger partial charge in [0.1, 0.15) is 0 Å². The fourth-order valence-corrected chi connectivity index (χ4v) is 2.75. The third-order valence-corrected chi connectivity index (χ3v) is 4.10. The number of hydrogen-bond donors (Lipinski definition) is 1. The van der Waals surface area contributed by atoms with Crippen molar-refractivity contribution < 1.29 is 9.72 Å². The van der Waals surface area contributed by atoms with Crippen molar-refractivity contribution in [3.63, 3.8) is 0 Å². The molecule has 5 nitrogen and oxygen atoms in total. The van der Waals surface area contributed by atoms with Crippen LogP contribution in [0.4, 0.5) is 11.4 Å². The summed E-state index contributed by atoms with van der Waals surface area (Å²) < 4.78 is 0. The van der Waals surface area contributed by atoms with Crippen LogP contribution in [0, 0.1) is 10.1 Å². The van der Waals surface area contributed by atoms with E-state index < -0.39 is 4.92 Å². The summed E-state index contributed by atoms with van der Waals surface area (Å²) in [5.41, 5.74) is 1.41. The van der Waals surface area contributed by atoms with Crippen LogP contribution in [-0.2, 0) is 10.5 Å². The zero-order chi connectivity index (χ0) is 15.9. The highest BCUT2D eigenvalue weighted by Gasteiger charge is 2.11. The minimum Gasteiger partial charge on any atom is -0.324 e. The number of hydrogen-bond acceptors (Lipinski definition) is 4. The third-order valence-electron chi connectivity index (χ3n) is 2.78. The SMILES string of the molecule is O=C(CSCc1ccccc1)Nc1ccc([N+](=O)[O-])cc1Cl. The minimum atomic E-state index is -0.535. The number of nitro benzene ring substituents is 1. The van der Waals surface area contributed by atoms with Crippen molar-refractivity contribution in [1.82, 2.24) is 0 Å². The van der Waals surface area contributed by atoms with Crippen LogP contribution in [0.5, 0.6) is 0 Å². The number of benzene rings is 2. The average Bonchev–Trinajstić information content (AvgIpc) is 2.50. The van der Waals surface area contributed by atoms with Crippen molar-refractivity contribution in [2.45, 2.75) is 5.75 Å². The van der Waals surface area contributed by atoms with Crippen LogP contribution in [-0.4, -0.2) is 16.6 Å². The Bertz CT molecular complexity index is 680. The summed E-state index contributed by atoms with van der Waals surface area (Å²) in [6.07, 6.45) is 0. The van der Waals surface area contributed by atoms with E-state index in [9.17, 15) is 14.9 Å². The van der Waals surface area contributed by atoms with Crippen LogP contribution in [0.2, 0.25) is 5.02 Å². The van der Waals surface area contributed by atoms with Gasteiger partial charge in [0.2, 0.25) is 5.91 Å². The van der Waals surface area contributed by atoms with Gasteiger partial charge in [0, 0.05) is 17.9 Å². The molecule has 0 atom stereocenters. The van der Waals surface area contributed by atoms with Crippen molar-refractivity contribution in [2.75, 3.05) is 11.1 Å². The molecular formula is C15H13ClN2O3S. The minimum absolute atomic E-state index is 0.110. The van der Waals surface area contributed by atoms with Gasteiger partial charge in [-0.2, -0.15) is 0 Å². The number of amides is 1. The molecule has 0 saturated carbocycles. The van der Waals surface area contributed by atoms with Gasteiger partial charge in [-0.15, -0.1) is 11.8 Å². The summed E-state index contributed by atoms with van der Waals surface area (Å²) >= 11 is 7.41. The van der Waals surface area contributed by atoms with Crippen LogP contribution >= 0.6 is 23.4 Å². The summed E-state index contributed by atoms with van der Waals surface area (Å²) in [6, 6.07) is 13.8. The number of thioether (sulfide) groups is 1. The molecule has 0 radical (unpaired) electrons. The number of halogens is 1. The Kier molecular flexibility index (Phi) is 5.80. The fourth-order valence-electron chi connectivity index (χ4n) is 1.74. The highest BCUT2D eigenvalue weighted by molar-refractivity contribution is 7.99. The highest BCUT2D eigenvalue weighted by atomic mass is 35.5. The van der Waals surface area contributed by atoms with Crippen LogP contribution < -0.4 is 5.32 Å². The maximum Gasteiger partial charge on any atom is 0.271 e. The summed E-state index contributed by atoms with van der Waals surface area (Å²) in [5, 5.41) is 13.4. The van der Waals surface area contributed by atoms with Gasteiger partial charge in [-0.25, -0.2) is 0 Å². The molecule has 0 bridgehead atoms. The van der Waals surface area contributed by atoms with Gasteiger partial charge >= 0.3 is 0 Å². The Morgan fingerprint density at radius 1 is 1.23 bits per heavy atom. The number of nitrogens with one attached hydrogen (secondary N) is 1. The lowest BCUT2D eigenvalue weighted by atomic mass is 10.2. The lowest BCUT2D eigenvalue weighted by molar-refractivity contribution is -0.384. The van der Waals surface area contributed by atoms with E-state index in [1.807, 2.05) is 30.3 Å². The predicted octanol–water partition coefficient (Wildman–Crippen LogP) is 4.12. The van der Waals surface area contributed by atoms with Gasteiger partial charge in [0.05, 0.1) is 21.4 Å². The summed E-state index contributed by atoms with van der Waals surface area (Å²) in [4.78, 5) is 21.9. The molecule has 22 heavy (non-hydrogen) atoms. The van der Waals surface area contributed by atoms with Crippen molar-refractivity contribution >= 4 is 40.6 Å². The molecular weight excluding hydrogens is 324 g/mol. The molecule has 2 aromatic carbocycles. The van der Waals surface area contributed by atoms with Crippen LogP contribution in [0.25, 0.3) is 0 Å². The first-order valence-electron chi connectivity index (χ1n) is 6.42. The molecule has 0 unspecified atom stereocenters. The molecule has 0 heterocycles. The summed E-state index contributed by atoms with van der Waals surface area (Å²) in [7, 11) is 0. The van der Waals surface area contributed by atoms with Gasteiger partial charge in [-0.1, -0.05) is 41.9 Å². The highest BCUT2D eigenvalue weighted by Crippen LogP contribution is 2.26. The molecule has 0 aliphatic carbocycles. The van der Waals surface area contributed by atoms with E-state index >= 15 is 0 Å². The van der Waals surface area contributed by atoms with E-state index in [1.54, 1.807) is 0 Å². The Balaban J connectivity index is 1.85. The van der Waals surface area contributed by atoms with Gasteiger partial charge in [0.15, 0.2) is 0 Å². The van der Waals surface area contributed by atoms with Crippen LogP contribution in [0.15, 0.2) is 48.5 Å². The molecule has 2 rings (SSSR count). The van der Waals surface area contributed by atoms with E-state index in [0.717, 1.165) is 11.3 Å². The van der Waals surface area contributed by atoms with Crippen molar-refractivity contribution in [3.8, 4) is 0 Å². The average molecular weight is 337 g/mol. The first kappa shape index (κ1) is 16.3. The zero-order valence-corrected chi connectivity index (χ0v) is 13.1. The van der Waals surface area contributed by atoms with E-state index in [4.69, 9.17) is 11.6 Å². The first-order valence-corrected chi connectivity index (χ1v) is 7.95. The lowest BCUT2D eigenvalue weighted by Crippen LogP contribution is -2.14. The van der Waals surface area contributed by atoms with Crippen LogP contribution in [0.1, 0.15) is 5.56 Å². The molecule has 1 N–H and O–H groups in total. The largest absolute Gasteiger partial charge is 0.324 e. The molecule has 0 aromatic heterocycles. The Labute approximate surface area is 136 Å². The number of nitrogens with zero attached hydrogens (tertiary/aromatic N) is 1. The smallest absolute Gasteiger partial charge is 0.271 e. The summed E-state index contributed by atoms with van der Waals surface area (Å²) in [6.45, 7) is 0. The van der Waals surface area contributed by atoms with Gasteiger partial charge < -0.3 is 5.32 Å². The van der Waals surface area contributed by atoms with Gasteiger partial charge in [-0.3, -0.25) is 14.9 Å². The second-order valence-electron chi connectivity index (χ2n) is 4.45. The number of carbonyl (C=O) groups excluding carboxylic acids is 1. The number of carbonyl (C=O) groups is 1. The monoisotopic (exact) mass is 336 g/mol. The molecule has 0 aliphatic rings. The van der Waals surface area contributed by atoms with Gasteiger partial charge in [0.25, 0.3) is 5.69 Å². The molecule has 114 valence electrons. The molecule has 1 amide bonds. The Morgan fingerprint density at radius 3 is 2.59 bits per heavy atom. The fraction of sp³-hybridized carbons (Fsp3) is 0.133. The van der Waals surface area contributed by atoms with E-state index in [1.165, 1.54) is 30.0 Å². The lowest BCUT2D eigenvalue weighted by Gasteiger charge is -2.07. The number of anilines is 1. The number of rotatable bonds is 6.